The standard InChI is InChI=1S/C25H20FN3O2/c1-2-30-24-14-18(9-12-23(24)31-16-17-7-10-20(26)11-8-17)13-19(15-27)25-28-21-5-3-4-6-22(21)29-25/h3-14H,2,16H2,1H3,(H,28,29). The predicted molar refractivity (Wildman–Crippen MR) is 118 cm³/mol. The van der Waals surface area contributed by atoms with Crippen LogP contribution in [0.4, 0.5) is 4.39 Å². The van der Waals surface area contributed by atoms with Crippen molar-refractivity contribution in [3.05, 3.63) is 89.5 Å². The third kappa shape index (κ3) is 4.73. The van der Waals surface area contributed by atoms with Crippen LogP contribution in [-0.2, 0) is 6.61 Å². The fraction of sp³-hybridized carbons (Fsp3) is 0.120. The smallest absolute Gasteiger partial charge is 0.161 e. The van der Waals surface area contributed by atoms with Gasteiger partial charge in [-0.25, -0.2) is 9.37 Å². The van der Waals surface area contributed by atoms with Gasteiger partial charge in [-0.1, -0.05) is 30.3 Å². The highest BCUT2D eigenvalue weighted by atomic mass is 19.1. The summed E-state index contributed by atoms with van der Waals surface area (Å²) in [6.07, 6.45) is 1.75. The minimum absolute atomic E-state index is 0.285. The van der Waals surface area contributed by atoms with E-state index in [2.05, 4.69) is 16.0 Å². The molecule has 5 nitrogen and oxygen atoms in total. The minimum atomic E-state index is -0.285. The molecule has 0 fully saturated rings. The number of benzene rings is 3. The van der Waals surface area contributed by atoms with Gasteiger partial charge in [0, 0.05) is 0 Å². The Morgan fingerprint density at radius 3 is 2.61 bits per heavy atom. The first-order valence-corrected chi connectivity index (χ1v) is 9.87. The Bertz CT molecular complexity index is 1240. The van der Waals surface area contributed by atoms with E-state index in [-0.39, 0.29) is 12.4 Å². The number of hydrogen-bond acceptors (Lipinski definition) is 4. The van der Waals surface area contributed by atoms with Crippen LogP contribution in [0.15, 0.2) is 66.7 Å². The molecule has 3 aromatic carbocycles. The molecule has 0 unspecified atom stereocenters. The summed E-state index contributed by atoms with van der Waals surface area (Å²) in [6, 6.07) is 21.5. The van der Waals surface area contributed by atoms with E-state index in [1.165, 1.54) is 12.1 Å². The molecule has 0 aliphatic carbocycles. The molecule has 31 heavy (non-hydrogen) atoms. The summed E-state index contributed by atoms with van der Waals surface area (Å²) in [5.74, 6) is 1.37. The average molecular weight is 413 g/mol. The molecule has 0 aliphatic heterocycles. The van der Waals surface area contributed by atoms with Crippen LogP contribution in [0, 0.1) is 17.1 Å². The van der Waals surface area contributed by atoms with Crippen LogP contribution in [0.3, 0.4) is 0 Å². The van der Waals surface area contributed by atoms with Gasteiger partial charge >= 0.3 is 0 Å². The number of rotatable bonds is 7. The van der Waals surface area contributed by atoms with Crippen LogP contribution >= 0.6 is 0 Å². The van der Waals surface area contributed by atoms with E-state index in [0.29, 0.717) is 29.5 Å². The zero-order chi connectivity index (χ0) is 21.6. The van der Waals surface area contributed by atoms with Crippen molar-refractivity contribution in [2.45, 2.75) is 13.5 Å². The van der Waals surface area contributed by atoms with Crippen molar-refractivity contribution in [2.75, 3.05) is 6.61 Å². The van der Waals surface area contributed by atoms with Crippen molar-refractivity contribution in [2.24, 2.45) is 0 Å². The maximum Gasteiger partial charge on any atom is 0.161 e. The van der Waals surface area contributed by atoms with Gasteiger partial charge in [0.05, 0.1) is 23.2 Å². The van der Waals surface area contributed by atoms with Crippen LogP contribution in [0.1, 0.15) is 23.9 Å². The molecule has 0 saturated carbocycles. The summed E-state index contributed by atoms with van der Waals surface area (Å²) < 4.78 is 24.7. The van der Waals surface area contributed by atoms with E-state index in [4.69, 9.17) is 9.47 Å². The van der Waals surface area contributed by atoms with Gasteiger partial charge in [0.15, 0.2) is 11.5 Å². The quantitative estimate of drug-likeness (QED) is 0.392. The zero-order valence-corrected chi connectivity index (χ0v) is 16.9. The summed E-state index contributed by atoms with van der Waals surface area (Å²) in [5, 5.41) is 9.66. The number of hydrogen-bond donors (Lipinski definition) is 1. The van der Waals surface area contributed by atoms with E-state index in [0.717, 1.165) is 22.2 Å². The summed E-state index contributed by atoms with van der Waals surface area (Å²) in [6.45, 7) is 2.65. The second kappa shape index (κ2) is 9.14. The Morgan fingerprint density at radius 1 is 1.06 bits per heavy atom. The number of halogens is 1. The molecule has 0 radical (unpaired) electrons. The number of aromatic amines is 1. The molecule has 6 heteroatoms. The number of H-pyrrole nitrogens is 1. The number of fused-ring (bicyclic) bond motifs is 1. The first kappa shape index (κ1) is 20.2. The van der Waals surface area contributed by atoms with Crippen LogP contribution in [0.5, 0.6) is 11.5 Å². The predicted octanol–water partition coefficient (Wildman–Crippen LogP) is 5.74. The van der Waals surface area contributed by atoms with E-state index >= 15 is 0 Å². The van der Waals surface area contributed by atoms with Crippen LogP contribution < -0.4 is 9.47 Å². The van der Waals surface area contributed by atoms with Crippen molar-refractivity contribution in [3.8, 4) is 17.6 Å². The Balaban J connectivity index is 1.59. The van der Waals surface area contributed by atoms with Gasteiger partial charge in [-0.05, 0) is 60.5 Å². The van der Waals surface area contributed by atoms with Crippen LogP contribution in [0.25, 0.3) is 22.7 Å². The molecule has 0 spiro atoms. The number of nitrogens with one attached hydrogen (secondary N) is 1. The van der Waals surface area contributed by atoms with Gasteiger partial charge in [-0.15, -0.1) is 0 Å². The van der Waals surface area contributed by atoms with Gasteiger partial charge in [0.1, 0.15) is 24.3 Å². The number of imidazole rings is 1. The molecular weight excluding hydrogens is 393 g/mol. The second-order valence-electron chi connectivity index (χ2n) is 6.83. The number of para-hydroxylation sites is 2. The minimum Gasteiger partial charge on any atom is -0.490 e. The summed E-state index contributed by atoms with van der Waals surface area (Å²) >= 11 is 0. The molecule has 154 valence electrons. The Morgan fingerprint density at radius 2 is 1.87 bits per heavy atom. The topological polar surface area (TPSA) is 70.9 Å². The largest absolute Gasteiger partial charge is 0.490 e. The fourth-order valence-corrected chi connectivity index (χ4v) is 3.14. The Labute approximate surface area is 179 Å². The monoisotopic (exact) mass is 413 g/mol. The summed E-state index contributed by atoms with van der Waals surface area (Å²) in [4.78, 5) is 7.67. The lowest BCUT2D eigenvalue weighted by Crippen LogP contribution is -2.00. The zero-order valence-electron chi connectivity index (χ0n) is 16.9. The fourth-order valence-electron chi connectivity index (χ4n) is 3.14. The van der Waals surface area contributed by atoms with Crippen LogP contribution in [-0.4, -0.2) is 16.6 Å². The molecule has 0 aliphatic rings. The highest BCUT2D eigenvalue weighted by molar-refractivity contribution is 5.90. The normalized spacial score (nSPS) is 11.3. The molecule has 0 atom stereocenters. The molecule has 4 rings (SSSR count). The van der Waals surface area contributed by atoms with Gasteiger partial charge in [-0.3, -0.25) is 0 Å². The summed E-state index contributed by atoms with van der Waals surface area (Å²) in [7, 11) is 0. The number of ether oxygens (including phenoxy) is 2. The van der Waals surface area contributed by atoms with Crippen molar-refractivity contribution in [1.82, 2.24) is 9.97 Å². The van der Waals surface area contributed by atoms with Crippen molar-refractivity contribution < 1.29 is 13.9 Å². The van der Waals surface area contributed by atoms with Crippen molar-refractivity contribution in [3.63, 3.8) is 0 Å². The van der Waals surface area contributed by atoms with Crippen molar-refractivity contribution in [1.29, 1.82) is 5.26 Å². The number of nitrogens with zero attached hydrogens (tertiary/aromatic N) is 2. The molecule has 1 aromatic heterocycles. The van der Waals surface area contributed by atoms with Crippen molar-refractivity contribution >= 4 is 22.7 Å². The second-order valence-corrected chi connectivity index (χ2v) is 6.83. The van der Waals surface area contributed by atoms with E-state index in [9.17, 15) is 9.65 Å². The Kier molecular flexibility index (Phi) is 5.95. The molecule has 0 amide bonds. The average Bonchev–Trinajstić information content (AvgIpc) is 3.22. The first-order chi connectivity index (χ1) is 15.2. The lowest BCUT2D eigenvalue weighted by atomic mass is 10.1. The van der Waals surface area contributed by atoms with Gasteiger partial charge in [0.25, 0.3) is 0 Å². The van der Waals surface area contributed by atoms with E-state index in [1.807, 2.05) is 43.3 Å². The number of allylic oxidation sites excluding steroid dienone is 1. The maximum atomic E-state index is 13.1. The highest BCUT2D eigenvalue weighted by Gasteiger charge is 2.10. The molecular formula is C25H20FN3O2. The first-order valence-electron chi connectivity index (χ1n) is 9.87. The summed E-state index contributed by atoms with van der Waals surface area (Å²) in [5.41, 5.74) is 3.73. The Hall–Kier alpha value is -4.11. The van der Waals surface area contributed by atoms with Gasteiger partial charge in [0.2, 0.25) is 0 Å². The lowest BCUT2D eigenvalue weighted by molar-refractivity contribution is 0.269. The number of aromatic nitrogens is 2. The molecule has 1 heterocycles. The molecule has 1 N–H and O–H groups in total. The third-order valence-corrected chi connectivity index (χ3v) is 4.65. The van der Waals surface area contributed by atoms with Crippen LogP contribution in [0.2, 0.25) is 0 Å². The number of nitriles is 1. The highest BCUT2D eigenvalue weighted by Crippen LogP contribution is 2.31. The van der Waals surface area contributed by atoms with E-state index < -0.39 is 0 Å². The van der Waals surface area contributed by atoms with Gasteiger partial charge in [-0.2, -0.15) is 5.26 Å². The molecule has 0 saturated heterocycles. The van der Waals surface area contributed by atoms with Gasteiger partial charge < -0.3 is 14.5 Å². The lowest BCUT2D eigenvalue weighted by Gasteiger charge is -2.13. The molecule has 4 aromatic rings. The third-order valence-electron chi connectivity index (χ3n) is 4.65. The molecule has 0 bridgehead atoms. The maximum absolute atomic E-state index is 13.1. The SMILES string of the molecule is CCOc1cc(C=C(C#N)c2nc3ccccc3[nH]2)ccc1OCc1ccc(F)cc1. The van der Waals surface area contributed by atoms with E-state index in [1.54, 1.807) is 24.3 Å².